The lowest BCUT2D eigenvalue weighted by Crippen LogP contribution is -2.70. The van der Waals surface area contributed by atoms with E-state index in [9.17, 15) is 4.79 Å². The number of rotatable bonds is 3. The predicted molar refractivity (Wildman–Crippen MR) is 100 cm³/mol. The average molecular weight is 369 g/mol. The Morgan fingerprint density at radius 3 is 2.50 bits per heavy atom. The number of carbonyl (C=O) groups is 1. The fourth-order valence-electron chi connectivity index (χ4n) is 5.22. The Hall–Kier alpha value is -1.83. The number of piperidine rings is 2. The number of aryl methyl sites for hydroxylation is 1. The highest BCUT2D eigenvalue weighted by atomic mass is 32.1. The first-order chi connectivity index (χ1) is 12.7. The van der Waals surface area contributed by atoms with Crippen molar-refractivity contribution in [1.82, 2.24) is 24.7 Å². The summed E-state index contributed by atoms with van der Waals surface area (Å²) in [7, 11) is 0. The number of hydrogen-bond acceptors (Lipinski definition) is 6. The molecule has 0 aliphatic carbocycles. The van der Waals surface area contributed by atoms with Gasteiger partial charge < -0.3 is 15.1 Å². The van der Waals surface area contributed by atoms with Crippen LogP contribution in [0.3, 0.4) is 0 Å². The summed E-state index contributed by atoms with van der Waals surface area (Å²) >= 11 is 1.19. The van der Waals surface area contributed by atoms with Crippen molar-refractivity contribution in [3.63, 3.8) is 0 Å². The van der Waals surface area contributed by atoms with Gasteiger partial charge in [0.25, 0.3) is 5.91 Å². The monoisotopic (exact) mass is 369 g/mol. The molecule has 7 heteroatoms. The molecular weight excluding hydrogens is 346 g/mol. The second kappa shape index (κ2) is 6.11. The summed E-state index contributed by atoms with van der Waals surface area (Å²) in [5, 5.41) is 7.41. The number of hydrogen-bond donors (Lipinski definition) is 1. The van der Waals surface area contributed by atoms with Crippen molar-refractivity contribution in [2.45, 2.75) is 18.4 Å². The molecule has 1 aromatic carbocycles. The second-order valence-electron chi connectivity index (χ2n) is 7.89. The molecule has 6 rings (SSSR count). The van der Waals surface area contributed by atoms with Crippen molar-refractivity contribution in [3.8, 4) is 0 Å². The van der Waals surface area contributed by atoms with Gasteiger partial charge in [-0.2, -0.15) is 0 Å². The van der Waals surface area contributed by atoms with Crippen molar-refractivity contribution < 1.29 is 4.79 Å². The first-order valence-corrected chi connectivity index (χ1v) is 10.0. The molecule has 2 aromatic rings. The highest BCUT2D eigenvalue weighted by Gasteiger charge is 2.55. The first kappa shape index (κ1) is 16.4. The van der Waals surface area contributed by atoms with E-state index in [1.807, 2.05) is 6.92 Å². The van der Waals surface area contributed by atoms with Gasteiger partial charge in [-0.25, -0.2) is 0 Å². The van der Waals surface area contributed by atoms with Crippen molar-refractivity contribution in [2.24, 2.45) is 5.92 Å². The smallest absolute Gasteiger partial charge is 0.265 e. The third-order valence-electron chi connectivity index (χ3n) is 6.29. The summed E-state index contributed by atoms with van der Waals surface area (Å²) in [4.78, 5) is 18.8. The molecule has 5 heterocycles. The van der Waals surface area contributed by atoms with E-state index < -0.39 is 0 Å². The number of amides is 1. The van der Waals surface area contributed by atoms with Crippen LogP contribution in [0.4, 0.5) is 0 Å². The molecule has 4 aliphatic heterocycles. The van der Waals surface area contributed by atoms with Gasteiger partial charge in [-0.05, 0) is 24.0 Å². The highest BCUT2D eigenvalue weighted by Crippen LogP contribution is 2.43. The van der Waals surface area contributed by atoms with Gasteiger partial charge in [-0.3, -0.25) is 4.79 Å². The Kier molecular flexibility index (Phi) is 3.84. The fraction of sp³-hybridized carbons (Fsp3) is 0.526. The van der Waals surface area contributed by atoms with Crippen LogP contribution in [-0.4, -0.2) is 70.6 Å². The Morgan fingerprint density at radius 2 is 1.88 bits per heavy atom. The number of fused-ring (bicyclic) bond motifs is 1. The first-order valence-electron chi connectivity index (χ1n) is 9.26. The van der Waals surface area contributed by atoms with Crippen LogP contribution in [0.25, 0.3) is 0 Å². The molecule has 136 valence electrons. The molecule has 4 saturated heterocycles. The van der Waals surface area contributed by atoms with E-state index in [0.717, 1.165) is 45.0 Å². The van der Waals surface area contributed by atoms with Gasteiger partial charge in [0.1, 0.15) is 4.88 Å². The van der Waals surface area contributed by atoms with Crippen molar-refractivity contribution >= 4 is 17.4 Å². The van der Waals surface area contributed by atoms with E-state index >= 15 is 0 Å². The van der Waals surface area contributed by atoms with Gasteiger partial charge in [0.2, 0.25) is 0 Å². The molecule has 0 saturated carbocycles. The van der Waals surface area contributed by atoms with Gasteiger partial charge in [0, 0.05) is 56.6 Å². The van der Waals surface area contributed by atoms with E-state index in [0.29, 0.717) is 10.8 Å². The molecule has 2 unspecified atom stereocenters. The topological polar surface area (TPSA) is 61.4 Å². The molecule has 0 spiro atoms. The molecule has 4 aliphatic rings. The van der Waals surface area contributed by atoms with Crippen LogP contribution in [-0.2, 0) is 5.41 Å². The zero-order chi connectivity index (χ0) is 17.7. The lowest BCUT2D eigenvalue weighted by Gasteiger charge is -2.55. The summed E-state index contributed by atoms with van der Waals surface area (Å²) in [6, 6.07) is 10.9. The molecule has 0 radical (unpaired) electrons. The maximum Gasteiger partial charge on any atom is 0.265 e. The van der Waals surface area contributed by atoms with Crippen LogP contribution in [0.2, 0.25) is 0 Å². The average Bonchev–Trinajstić information content (AvgIpc) is 2.92. The summed E-state index contributed by atoms with van der Waals surface area (Å²) < 4.78 is 3.93. The number of benzene rings is 1. The summed E-state index contributed by atoms with van der Waals surface area (Å²) in [6.45, 7) is 8.26. The van der Waals surface area contributed by atoms with E-state index in [2.05, 4.69) is 55.0 Å². The molecule has 6 nitrogen and oxygen atoms in total. The molecule has 4 bridgehead atoms. The zero-order valence-corrected chi connectivity index (χ0v) is 15.7. The summed E-state index contributed by atoms with van der Waals surface area (Å²) in [5.41, 5.74) is 2.00. The van der Waals surface area contributed by atoms with Gasteiger partial charge in [0.15, 0.2) is 0 Å². The Bertz CT molecular complexity index is 806. The van der Waals surface area contributed by atoms with Crippen LogP contribution < -0.4 is 5.32 Å². The molecule has 4 fully saturated rings. The number of nitrogens with one attached hydrogen (secondary N) is 1. The van der Waals surface area contributed by atoms with Crippen LogP contribution in [0.15, 0.2) is 30.3 Å². The minimum Gasteiger partial charge on any atom is -0.347 e. The molecule has 3 atom stereocenters. The van der Waals surface area contributed by atoms with Gasteiger partial charge >= 0.3 is 0 Å². The van der Waals surface area contributed by atoms with Crippen molar-refractivity contribution in [2.75, 3.05) is 39.3 Å². The van der Waals surface area contributed by atoms with Gasteiger partial charge in [-0.1, -0.05) is 34.8 Å². The highest BCUT2D eigenvalue weighted by molar-refractivity contribution is 7.08. The minimum atomic E-state index is -0.0550. The molecule has 1 aromatic heterocycles. The lowest BCUT2D eigenvalue weighted by molar-refractivity contribution is 0.0181. The quantitative estimate of drug-likeness (QED) is 0.879. The molecule has 1 amide bonds. The Balaban J connectivity index is 1.54. The second-order valence-corrected chi connectivity index (χ2v) is 8.65. The summed E-state index contributed by atoms with van der Waals surface area (Å²) in [6.07, 6.45) is 0. The van der Waals surface area contributed by atoms with Gasteiger partial charge in [0.05, 0.1) is 5.69 Å². The van der Waals surface area contributed by atoms with E-state index in [4.69, 9.17) is 0 Å². The van der Waals surface area contributed by atoms with Crippen LogP contribution >= 0.6 is 11.5 Å². The number of nitrogens with zero attached hydrogens (tertiary/aromatic N) is 4. The normalized spacial score (nSPS) is 35.3. The van der Waals surface area contributed by atoms with E-state index in [1.165, 1.54) is 17.1 Å². The maximum absolute atomic E-state index is 13.0. The number of carbonyl (C=O) groups excluding carboxylic acids is 1. The molecular formula is C19H23N5OS. The Labute approximate surface area is 157 Å². The van der Waals surface area contributed by atoms with Crippen molar-refractivity contribution in [3.05, 3.63) is 46.5 Å². The standard InChI is InChI=1S/C19H23N5OS/c1-13-16(26-22-21-13)18(25)20-17-14-9-23-7-8-24(10-14)12-19(17,11-23)15-5-3-2-4-6-15/h2-6,14,17H,7-12H2,1H3,(H,20,25)/t14?,17-,19?/m1/s1. The molecule has 1 N–H and O–H groups in total. The summed E-state index contributed by atoms with van der Waals surface area (Å²) in [5.74, 6) is 0.430. The largest absolute Gasteiger partial charge is 0.347 e. The third kappa shape index (κ3) is 2.49. The van der Waals surface area contributed by atoms with E-state index in [-0.39, 0.29) is 17.4 Å². The minimum absolute atomic E-state index is 0.0195. The van der Waals surface area contributed by atoms with Crippen LogP contribution in [0, 0.1) is 12.8 Å². The Morgan fingerprint density at radius 1 is 1.19 bits per heavy atom. The van der Waals surface area contributed by atoms with E-state index in [1.54, 1.807) is 0 Å². The van der Waals surface area contributed by atoms with Gasteiger partial charge in [-0.15, -0.1) is 5.10 Å². The predicted octanol–water partition coefficient (Wildman–Crippen LogP) is 1.14. The van der Waals surface area contributed by atoms with Crippen LogP contribution in [0.5, 0.6) is 0 Å². The zero-order valence-electron chi connectivity index (χ0n) is 14.9. The third-order valence-corrected chi connectivity index (χ3v) is 7.12. The lowest BCUT2D eigenvalue weighted by atomic mass is 9.64. The van der Waals surface area contributed by atoms with Crippen LogP contribution in [0.1, 0.15) is 20.9 Å². The number of aromatic nitrogens is 2. The maximum atomic E-state index is 13.0. The van der Waals surface area contributed by atoms with Crippen molar-refractivity contribution in [1.29, 1.82) is 0 Å². The fourth-order valence-corrected chi connectivity index (χ4v) is 5.77. The molecule has 26 heavy (non-hydrogen) atoms. The SMILES string of the molecule is Cc1nnsc1C(=O)N[C@@H]1C2CN3CCN(C2)CC1(c1ccccc1)C3.